The van der Waals surface area contributed by atoms with Gasteiger partial charge in [0.2, 0.25) is 5.91 Å². The molecule has 0 aromatic carbocycles. The summed E-state index contributed by atoms with van der Waals surface area (Å²) in [6.45, 7) is 4.90. The van der Waals surface area contributed by atoms with E-state index in [1.165, 1.54) is 25.7 Å². The average Bonchev–Trinajstić information content (AvgIpc) is 2.62. The molecule has 100 valence electrons. The fourth-order valence-corrected chi connectivity index (χ4v) is 2.59. The Morgan fingerprint density at radius 2 is 1.82 bits per heavy atom. The summed E-state index contributed by atoms with van der Waals surface area (Å²) < 4.78 is 0. The molecule has 1 saturated heterocycles. The van der Waals surface area contributed by atoms with Gasteiger partial charge in [-0.25, -0.2) is 0 Å². The number of amides is 1. The summed E-state index contributed by atoms with van der Waals surface area (Å²) in [4.78, 5) is 14.1. The van der Waals surface area contributed by atoms with Gasteiger partial charge in [0.15, 0.2) is 0 Å². The van der Waals surface area contributed by atoms with Crippen LogP contribution in [-0.4, -0.2) is 30.4 Å². The molecule has 0 spiro atoms. The molecule has 0 saturated carbocycles. The minimum absolute atomic E-state index is 0.363. The number of nitrogens with two attached hydrogens (primary N) is 1. The Morgan fingerprint density at radius 1 is 1.18 bits per heavy atom. The number of likely N-dealkylation sites (tertiary alicyclic amines) is 1. The smallest absolute Gasteiger partial charge is 0.222 e. The summed E-state index contributed by atoms with van der Waals surface area (Å²) in [5, 5.41) is 0. The fraction of sp³-hybridized carbons (Fsp3) is 0.929. The second kappa shape index (κ2) is 8.51. The maximum absolute atomic E-state index is 12.1. The summed E-state index contributed by atoms with van der Waals surface area (Å²) in [6, 6.07) is 0. The lowest BCUT2D eigenvalue weighted by molar-refractivity contribution is -0.131. The predicted molar refractivity (Wildman–Crippen MR) is 71.7 cm³/mol. The van der Waals surface area contributed by atoms with E-state index >= 15 is 0 Å². The van der Waals surface area contributed by atoms with Gasteiger partial charge in [0.25, 0.3) is 0 Å². The maximum Gasteiger partial charge on any atom is 0.222 e. The summed E-state index contributed by atoms with van der Waals surface area (Å²) in [6.07, 6.45) is 8.89. The molecule has 0 aromatic heterocycles. The molecule has 1 unspecified atom stereocenters. The summed E-state index contributed by atoms with van der Waals surface area (Å²) in [5.41, 5.74) is 5.58. The molecule has 0 aliphatic carbocycles. The first-order valence-corrected chi connectivity index (χ1v) is 7.25. The van der Waals surface area contributed by atoms with Crippen LogP contribution in [0, 0.1) is 5.92 Å². The Morgan fingerprint density at radius 3 is 2.35 bits per heavy atom. The topological polar surface area (TPSA) is 46.3 Å². The minimum atomic E-state index is 0.363. The molecule has 1 rings (SSSR count). The summed E-state index contributed by atoms with van der Waals surface area (Å²) in [5.74, 6) is 0.998. The van der Waals surface area contributed by atoms with Crippen LogP contribution in [0.15, 0.2) is 0 Å². The Bertz CT molecular complexity index is 210. The van der Waals surface area contributed by atoms with Crippen molar-refractivity contribution in [1.29, 1.82) is 0 Å². The number of rotatable bonds is 6. The zero-order valence-corrected chi connectivity index (χ0v) is 11.3. The third kappa shape index (κ3) is 5.53. The quantitative estimate of drug-likeness (QED) is 0.775. The number of hydrogen-bond acceptors (Lipinski definition) is 2. The lowest BCUT2D eigenvalue weighted by Crippen LogP contribution is -2.32. The van der Waals surface area contributed by atoms with Crippen molar-refractivity contribution in [3.63, 3.8) is 0 Å². The number of carbonyl (C=O) groups excluding carboxylic acids is 1. The monoisotopic (exact) mass is 240 g/mol. The largest absolute Gasteiger partial charge is 0.343 e. The summed E-state index contributed by atoms with van der Waals surface area (Å²) >= 11 is 0. The molecule has 3 heteroatoms. The molecule has 1 atom stereocenters. The molecule has 1 aliphatic heterocycles. The Kier molecular flexibility index (Phi) is 7.25. The van der Waals surface area contributed by atoms with E-state index in [9.17, 15) is 4.79 Å². The van der Waals surface area contributed by atoms with Crippen molar-refractivity contribution < 1.29 is 4.79 Å². The Labute approximate surface area is 106 Å². The van der Waals surface area contributed by atoms with Gasteiger partial charge in [-0.1, -0.05) is 26.2 Å². The maximum atomic E-state index is 12.1. The molecular weight excluding hydrogens is 212 g/mol. The first-order valence-electron chi connectivity index (χ1n) is 7.25. The van der Waals surface area contributed by atoms with Crippen LogP contribution in [0.25, 0.3) is 0 Å². The van der Waals surface area contributed by atoms with Crippen molar-refractivity contribution in [3.05, 3.63) is 0 Å². The zero-order chi connectivity index (χ0) is 12.5. The van der Waals surface area contributed by atoms with Gasteiger partial charge in [0.1, 0.15) is 0 Å². The van der Waals surface area contributed by atoms with Crippen LogP contribution in [0.5, 0.6) is 0 Å². The molecule has 1 heterocycles. The van der Waals surface area contributed by atoms with Crippen molar-refractivity contribution in [1.82, 2.24) is 4.90 Å². The molecule has 0 bridgehead atoms. The SMILES string of the molecule is CCC(CCN)CCC(=O)N1CCCCCC1. The first-order chi connectivity index (χ1) is 8.27. The van der Waals surface area contributed by atoms with Crippen LogP contribution in [0.3, 0.4) is 0 Å². The standard InChI is InChI=1S/C14H28N2O/c1-2-13(9-10-15)7-8-14(17)16-11-5-3-4-6-12-16/h13H,2-12,15H2,1H3. The van der Waals surface area contributed by atoms with Crippen molar-refractivity contribution in [2.24, 2.45) is 11.7 Å². The van der Waals surface area contributed by atoms with Gasteiger partial charge in [0.05, 0.1) is 0 Å². The molecule has 1 amide bonds. The second-order valence-electron chi connectivity index (χ2n) is 5.19. The molecule has 17 heavy (non-hydrogen) atoms. The highest BCUT2D eigenvalue weighted by atomic mass is 16.2. The van der Waals surface area contributed by atoms with Crippen LogP contribution in [0.2, 0.25) is 0 Å². The van der Waals surface area contributed by atoms with E-state index in [0.29, 0.717) is 11.8 Å². The highest BCUT2D eigenvalue weighted by molar-refractivity contribution is 5.76. The second-order valence-corrected chi connectivity index (χ2v) is 5.19. The number of hydrogen-bond donors (Lipinski definition) is 1. The van der Waals surface area contributed by atoms with E-state index in [2.05, 4.69) is 11.8 Å². The van der Waals surface area contributed by atoms with Gasteiger partial charge in [-0.3, -0.25) is 4.79 Å². The Hall–Kier alpha value is -0.570. The van der Waals surface area contributed by atoms with Gasteiger partial charge in [-0.2, -0.15) is 0 Å². The normalized spacial score (nSPS) is 18.8. The lowest BCUT2D eigenvalue weighted by Gasteiger charge is -2.21. The first kappa shape index (κ1) is 14.5. The van der Waals surface area contributed by atoms with Crippen molar-refractivity contribution in [2.45, 2.75) is 58.3 Å². The minimum Gasteiger partial charge on any atom is -0.343 e. The van der Waals surface area contributed by atoms with E-state index < -0.39 is 0 Å². The zero-order valence-electron chi connectivity index (χ0n) is 11.3. The van der Waals surface area contributed by atoms with E-state index in [1.54, 1.807) is 0 Å². The van der Waals surface area contributed by atoms with Crippen LogP contribution in [-0.2, 0) is 4.79 Å². The van der Waals surface area contributed by atoms with Crippen molar-refractivity contribution in [3.8, 4) is 0 Å². The van der Waals surface area contributed by atoms with Crippen LogP contribution >= 0.6 is 0 Å². The summed E-state index contributed by atoms with van der Waals surface area (Å²) in [7, 11) is 0. The molecule has 2 N–H and O–H groups in total. The molecule has 1 aliphatic rings. The van der Waals surface area contributed by atoms with Crippen LogP contribution in [0.4, 0.5) is 0 Å². The van der Waals surface area contributed by atoms with Gasteiger partial charge in [0, 0.05) is 19.5 Å². The van der Waals surface area contributed by atoms with Gasteiger partial charge in [-0.15, -0.1) is 0 Å². The lowest BCUT2D eigenvalue weighted by atomic mass is 9.96. The van der Waals surface area contributed by atoms with E-state index in [1.807, 2.05) is 0 Å². The third-order valence-corrected chi connectivity index (χ3v) is 3.88. The number of nitrogens with zero attached hydrogens (tertiary/aromatic N) is 1. The van der Waals surface area contributed by atoms with E-state index in [0.717, 1.165) is 45.3 Å². The van der Waals surface area contributed by atoms with Crippen molar-refractivity contribution >= 4 is 5.91 Å². The van der Waals surface area contributed by atoms with Gasteiger partial charge in [-0.05, 0) is 38.1 Å². The molecule has 0 aromatic rings. The molecule has 0 radical (unpaired) electrons. The van der Waals surface area contributed by atoms with Gasteiger partial charge < -0.3 is 10.6 Å². The van der Waals surface area contributed by atoms with Crippen LogP contribution in [0.1, 0.15) is 58.3 Å². The van der Waals surface area contributed by atoms with Crippen molar-refractivity contribution in [2.75, 3.05) is 19.6 Å². The van der Waals surface area contributed by atoms with Crippen LogP contribution < -0.4 is 5.73 Å². The highest BCUT2D eigenvalue weighted by Gasteiger charge is 2.16. The molecule has 3 nitrogen and oxygen atoms in total. The fourth-order valence-electron chi connectivity index (χ4n) is 2.59. The van der Waals surface area contributed by atoms with E-state index in [4.69, 9.17) is 5.73 Å². The average molecular weight is 240 g/mol. The van der Waals surface area contributed by atoms with E-state index in [-0.39, 0.29) is 0 Å². The Balaban J connectivity index is 2.26. The highest BCUT2D eigenvalue weighted by Crippen LogP contribution is 2.17. The third-order valence-electron chi connectivity index (χ3n) is 3.88. The number of carbonyl (C=O) groups is 1. The van der Waals surface area contributed by atoms with Gasteiger partial charge >= 0.3 is 0 Å². The molecular formula is C14H28N2O. The predicted octanol–water partition coefficient (Wildman–Crippen LogP) is 2.54. The molecule has 1 fully saturated rings.